The quantitative estimate of drug-likeness (QED) is 0.223. The van der Waals surface area contributed by atoms with Crippen molar-refractivity contribution in [1.82, 2.24) is 30.9 Å². The van der Waals surface area contributed by atoms with Crippen LogP contribution >= 0.6 is 0 Å². The van der Waals surface area contributed by atoms with Gasteiger partial charge in [-0.25, -0.2) is 14.8 Å². The summed E-state index contributed by atoms with van der Waals surface area (Å²) in [6.45, 7) is 11.0. The molecule has 2 atom stereocenters. The summed E-state index contributed by atoms with van der Waals surface area (Å²) in [7, 11) is 1.53. The zero-order valence-corrected chi connectivity index (χ0v) is 27.5. The van der Waals surface area contributed by atoms with Crippen LogP contribution in [0.4, 0.5) is 0 Å². The number of aromatic amines is 1. The number of carbonyl (C=O) groups is 5. The van der Waals surface area contributed by atoms with E-state index in [1.807, 2.05) is 0 Å². The fourth-order valence-corrected chi connectivity index (χ4v) is 5.03. The molecule has 2 aromatic heterocycles. The number of amides is 3. The normalized spacial score (nSPS) is 14.9. The minimum Gasteiger partial charge on any atom is -0.496 e. The van der Waals surface area contributed by atoms with E-state index in [1.165, 1.54) is 7.11 Å². The Morgan fingerprint density at radius 1 is 1.09 bits per heavy atom. The summed E-state index contributed by atoms with van der Waals surface area (Å²) in [4.78, 5) is 75.2. The molecule has 1 aliphatic heterocycles. The number of aromatic nitrogens is 3. The molecule has 4 N–H and O–H groups in total. The molecule has 46 heavy (non-hydrogen) atoms. The van der Waals surface area contributed by atoms with Gasteiger partial charge in [-0.2, -0.15) is 0 Å². The zero-order valence-electron chi connectivity index (χ0n) is 27.5. The maximum absolute atomic E-state index is 13.2. The number of carbonyl (C=O) groups excluding carboxylic acids is 5. The van der Waals surface area contributed by atoms with Gasteiger partial charge in [-0.15, -0.1) is 0 Å². The molecule has 3 amide bonds. The molecule has 1 aromatic carbocycles. The molecule has 256 valence electrons. The van der Waals surface area contributed by atoms with Gasteiger partial charge in [0, 0.05) is 29.1 Å². The molecule has 0 aliphatic carbocycles. The third kappa shape index (κ3) is 9.85. The van der Waals surface area contributed by atoms with Gasteiger partial charge in [0.25, 0.3) is 5.91 Å². The molecule has 0 saturated carbocycles. The summed E-state index contributed by atoms with van der Waals surface area (Å²) >= 11 is 0. The summed E-state index contributed by atoms with van der Waals surface area (Å²) in [6, 6.07) is 5.84. The Kier molecular flexibility index (Phi) is 12.8. The molecular weight excluding hydrogens is 592 g/mol. The molecule has 0 radical (unpaired) electrons. The molecule has 0 spiro atoms. The van der Waals surface area contributed by atoms with Crippen molar-refractivity contribution in [3.8, 4) is 5.75 Å². The highest BCUT2D eigenvalue weighted by atomic mass is 16.5. The molecule has 0 unspecified atom stereocenters. The van der Waals surface area contributed by atoms with Crippen LogP contribution in [0.15, 0.2) is 24.3 Å². The van der Waals surface area contributed by atoms with E-state index in [4.69, 9.17) is 9.47 Å². The number of nitrogens with zero attached hydrogens (tertiary/aromatic N) is 2. The lowest BCUT2D eigenvalue weighted by atomic mass is 9.90. The van der Waals surface area contributed by atoms with Crippen LogP contribution in [0.3, 0.4) is 0 Å². The van der Waals surface area contributed by atoms with E-state index in [-0.39, 0.29) is 29.3 Å². The van der Waals surface area contributed by atoms with Crippen molar-refractivity contribution in [3.63, 3.8) is 0 Å². The predicted octanol–water partition coefficient (Wildman–Crippen LogP) is 4.10. The second-order valence-electron chi connectivity index (χ2n) is 11.9. The fraction of sp³-hybridized carbons (Fsp3) is 0.485. The van der Waals surface area contributed by atoms with E-state index in [0.29, 0.717) is 46.8 Å². The van der Waals surface area contributed by atoms with E-state index < -0.39 is 48.7 Å². The van der Waals surface area contributed by atoms with Crippen LogP contribution in [-0.2, 0) is 19.1 Å². The highest BCUT2D eigenvalue weighted by Gasteiger charge is 2.31. The number of aryl methyl sites for hydroxylation is 3. The maximum Gasteiger partial charge on any atom is 0.342 e. The lowest BCUT2D eigenvalue weighted by Crippen LogP contribution is -2.49. The molecule has 13 heteroatoms. The van der Waals surface area contributed by atoms with Gasteiger partial charge >= 0.3 is 5.97 Å². The third-order valence-electron chi connectivity index (χ3n) is 7.07. The van der Waals surface area contributed by atoms with Crippen LogP contribution in [0.1, 0.15) is 83.8 Å². The van der Waals surface area contributed by atoms with Gasteiger partial charge in [-0.1, -0.05) is 26.8 Å². The first-order valence-electron chi connectivity index (χ1n) is 15.3. The topological polar surface area (TPSA) is 181 Å². The van der Waals surface area contributed by atoms with E-state index in [0.717, 1.165) is 12.3 Å². The standard InChI is InChI=1S/C29H34N6O7.C4H10.4H2/c1-15-26(16(2)33-17(3)32-15)29(40)42-14-23(36)21(11-18-7-6-10-30-27(18)38)35-25(37)13-31-28(39)22-12-19-20(34-22)8-5-9-24(19)41-4;1-4(2)3;;;;/h5,8-9,12,18,21,34H,6-7,10-11,13-14H2,1-4H3,(H,30,38)(H,31,39)(H,35,37);4H,1-3H3;4*1H/t18-,21-;;;;;/m0...../s1. The summed E-state index contributed by atoms with van der Waals surface area (Å²) in [5.41, 5.74) is 1.93. The van der Waals surface area contributed by atoms with Gasteiger partial charge in [0.15, 0.2) is 12.4 Å². The number of nitrogens with one attached hydrogen (secondary N) is 4. The van der Waals surface area contributed by atoms with Crippen LogP contribution < -0.4 is 20.7 Å². The second-order valence-corrected chi connectivity index (χ2v) is 11.9. The van der Waals surface area contributed by atoms with Gasteiger partial charge in [0.2, 0.25) is 11.8 Å². The van der Waals surface area contributed by atoms with Crippen molar-refractivity contribution in [2.45, 2.75) is 66.8 Å². The number of ether oxygens (including phenoxy) is 2. The molecule has 1 saturated heterocycles. The van der Waals surface area contributed by atoms with E-state index in [9.17, 15) is 24.0 Å². The smallest absolute Gasteiger partial charge is 0.342 e. The van der Waals surface area contributed by atoms with Crippen molar-refractivity contribution in [1.29, 1.82) is 0 Å². The highest BCUT2D eigenvalue weighted by Crippen LogP contribution is 2.26. The third-order valence-corrected chi connectivity index (χ3v) is 7.07. The highest BCUT2D eigenvalue weighted by molar-refractivity contribution is 6.01. The van der Waals surface area contributed by atoms with Crippen molar-refractivity contribution >= 4 is 40.4 Å². The fourth-order valence-electron chi connectivity index (χ4n) is 5.03. The van der Waals surface area contributed by atoms with Crippen molar-refractivity contribution in [3.05, 3.63) is 52.7 Å². The Morgan fingerprint density at radius 3 is 2.39 bits per heavy atom. The Bertz CT molecular complexity index is 1580. The number of hydrogen-bond donors (Lipinski definition) is 4. The SMILES string of the molecule is CC(C)C.COc1cccc2[nH]c(C(=O)NCC(=O)N[C@@H](C[C@@H]3CCCNC3=O)C(=O)COC(=O)c3c(C)nc(C)nc3C)cc12.[HH].[HH].[HH].[HH]. The molecule has 13 nitrogen and oxygen atoms in total. The van der Waals surface area contributed by atoms with Gasteiger partial charge < -0.3 is 30.4 Å². The lowest BCUT2D eigenvalue weighted by Gasteiger charge is -2.26. The van der Waals surface area contributed by atoms with Crippen LogP contribution in [0.2, 0.25) is 0 Å². The summed E-state index contributed by atoms with van der Waals surface area (Å²) in [5.74, 6) is -1.31. The molecule has 1 aliphatic rings. The molecule has 0 bridgehead atoms. The number of benzene rings is 1. The number of ketones is 1. The van der Waals surface area contributed by atoms with Crippen molar-refractivity contribution in [2.75, 3.05) is 26.8 Å². The molecular formula is C33H52N6O7. The minimum atomic E-state index is -1.12. The lowest BCUT2D eigenvalue weighted by molar-refractivity contribution is -0.132. The number of rotatable bonds is 11. The van der Waals surface area contributed by atoms with Gasteiger partial charge in [0.05, 0.1) is 31.1 Å². The Labute approximate surface area is 274 Å². The predicted molar refractivity (Wildman–Crippen MR) is 180 cm³/mol. The number of Topliss-reactive ketones (excluding diaryl/α,β-unsaturated/α-hetero) is 1. The minimum absolute atomic E-state index is 0. The van der Waals surface area contributed by atoms with E-state index in [1.54, 1.807) is 45.0 Å². The Hall–Kier alpha value is -4.81. The average molecular weight is 645 g/mol. The maximum atomic E-state index is 13.2. The monoisotopic (exact) mass is 644 g/mol. The summed E-state index contributed by atoms with van der Waals surface area (Å²) < 4.78 is 10.6. The van der Waals surface area contributed by atoms with Crippen LogP contribution in [0.5, 0.6) is 5.75 Å². The first kappa shape index (κ1) is 35.7. The van der Waals surface area contributed by atoms with Gasteiger partial charge in [-0.3, -0.25) is 19.2 Å². The average Bonchev–Trinajstić information content (AvgIpc) is 3.43. The largest absolute Gasteiger partial charge is 0.496 e. The first-order valence-corrected chi connectivity index (χ1v) is 15.3. The zero-order chi connectivity index (χ0) is 34.0. The van der Waals surface area contributed by atoms with Gasteiger partial charge in [-0.05, 0) is 64.2 Å². The number of fused-ring (bicyclic) bond motifs is 1. The molecule has 3 heterocycles. The second kappa shape index (κ2) is 16.5. The number of hydrogen-bond acceptors (Lipinski definition) is 9. The van der Waals surface area contributed by atoms with Crippen molar-refractivity contribution < 1.29 is 39.2 Å². The Balaban J connectivity index is 0. The number of piperidine rings is 1. The van der Waals surface area contributed by atoms with E-state index in [2.05, 4.69) is 51.7 Å². The van der Waals surface area contributed by atoms with Crippen LogP contribution in [0.25, 0.3) is 10.9 Å². The number of esters is 1. The first-order chi connectivity index (χ1) is 21.8. The number of methoxy groups -OCH3 is 1. The summed E-state index contributed by atoms with van der Waals surface area (Å²) in [6.07, 6.45) is 1.30. The van der Waals surface area contributed by atoms with Crippen LogP contribution in [0, 0.1) is 32.6 Å². The molecule has 3 aromatic rings. The van der Waals surface area contributed by atoms with Crippen molar-refractivity contribution in [2.24, 2.45) is 11.8 Å². The number of H-pyrrole nitrogens is 1. The van der Waals surface area contributed by atoms with Crippen LogP contribution in [-0.4, -0.2) is 77.3 Å². The Morgan fingerprint density at radius 2 is 1.76 bits per heavy atom. The summed E-state index contributed by atoms with van der Waals surface area (Å²) in [5, 5.41) is 8.61. The molecule has 4 rings (SSSR count). The van der Waals surface area contributed by atoms with E-state index >= 15 is 0 Å². The van der Waals surface area contributed by atoms with Gasteiger partial charge in [0.1, 0.15) is 22.8 Å². The molecule has 1 fully saturated rings.